The van der Waals surface area contributed by atoms with Gasteiger partial charge in [-0.2, -0.15) is 0 Å². The quantitative estimate of drug-likeness (QED) is 0.878. The van der Waals surface area contributed by atoms with Crippen LogP contribution in [-0.2, 0) is 0 Å². The monoisotopic (exact) mass is 315 g/mol. The summed E-state index contributed by atoms with van der Waals surface area (Å²) in [6.07, 6.45) is 0.978. The van der Waals surface area contributed by atoms with Crippen LogP contribution in [0.25, 0.3) is 0 Å². The number of nitrogens with zero attached hydrogens (tertiary/aromatic N) is 1. The van der Waals surface area contributed by atoms with Crippen molar-refractivity contribution in [2.45, 2.75) is 13.3 Å². The van der Waals surface area contributed by atoms with Crippen LogP contribution in [0.15, 0.2) is 18.2 Å². The largest absolute Gasteiger partial charge is 0.330 e. The number of likely N-dealkylation sites (tertiary alicyclic amines) is 1. The molecule has 1 aliphatic rings. The van der Waals surface area contributed by atoms with Crippen molar-refractivity contribution in [2.24, 2.45) is 17.6 Å². The molecular weight excluding hydrogens is 297 g/mol. The average molecular weight is 316 g/mol. The number of amides is 2. The molecule has 2 amide bonds. The Hall–Kier alpha value is -0.970. The first kappa shape index (κ1) is 15.4. The van der Waals surface area contributed by atoms with Gasteiger partial charge in [0.05, 0.1) is 0 Å². The molecule has 3 N–H and O–H groups in total. The van der Waals surface area contributed by atoms with Gasteiger partial charge in [0.25, 0.3) is 0 Å². The van der Waals surface area contributed by atoms with Gasteiger partial charge in [-0.1, -0.05) is 30.1 Å². The van der Waals surface area contributed by atoms with Gasteiger partial charge in [-0.15, -0.1) is 0 Å². The van der Waals surface area contributed by atoms with Crippen LogP contribution in [0.5, 0.6) is 0 Å². The first-order valence-corrected chi connectivity index (χ1v) is 7.47. The van der Waals surface area contributed by atoms with E-state index in [0.717, 1.165) is 13.0 Å². The fraction of sp³-hybridized carbons (Fsp3) is 0.500. The van der Waals surface area contributed by atoms with E-state index in [9.17, 15) is 4.79 Å². The number of carbonyl (C=O) groups excluding carboxylic acids is 1. The molecule has 0 spiro atoms. The molecule has 6 heteroatoms. The Labute approximate surface area is 129 Å². The number of rotatable bonds is 2. The zero-order valence-electron chi connectivity index (χ0n) is 11.4. The maximum atomic E-state index is 12.2. The van der Waals surface area contributed by atoms with Crippen LogP contribution in [0.2, 0.25) is 10.0 Å². The molecule has 1 aliphatic heterocycles. The molecule has 0 bridgehead atoms. The van der Waals surface area contributed by atoms with Crippen LogP contribution in [0.4, 0.5) is 10.5 Å². The van der Waals surface area contributed by atoms with Crippen molar-refractivity contribution in [3.63, 3.8) is 0 Å². The second-order valence-corrected chi connectivity index (χ2v) is 6.17. The van der Waals surface area contributed by atoms with Gasteiger partial charge in [-0.05, 0) is 43.0 Å². The molecular formula is C14H19Cl2N3O. The molecule has 0 radical (unpaired) electrons. The van der Waals surface area contributed by atoms with E-state index >= 15 is 0 Å². The smallest absolute Gasteiger partial charge is 0.321 e. The Bertz CT molecular complexity index is 475. The highest BCUT2D eigenvalue weighted by molar-refractivity contribution is 6.35. The van der Waals surface area contributed by atoms with Gasteiger partial charge in [0.15, 0.2) is 0 Å². The van der Waals surface area contributed by atoms with Crippen molar-refractivity contribution in [1.82, 2.24) is 4.90 Å². The number of nitrogens with one attached hydrogen (secondary N) is 1. The van der Waals surface area contributed by atoms with E-state index in [1.165, 1.54) is 0 Å². The highest BCUT2D eigenvalue weighted by Crippen LogP contribution is 2.25. The number of carbonyl (C=O) groups is 1. The molecule has 20 heavy (non-hydrogen) atoms. The standard InChI is InChI=1S/C14H19Cl2N3O/c1-9-2-3-19(8-10(9)7-17)14(20)18-13-5-11(15)4-12(16)6-13/h4-6,9-10H,2-3,7-8,17H2,1H3,(H,18,20). The number of hydrogen-bond acceptors (Lipinski definition) is 2. The van der Waals surface area contributed by atoms with Crippen LogP contribution in [0.1, 0.15) is 13.3 Å². The molecule has 1 aromatic rings. The van der Waals surface area contributed by atoms with Gasteiger partial charge in [0.1, 0.15) is 0 Å². The van der Waals surface area contributed by atoms with E-state index in [0.29, 0.717) is 40.7 Å². The molecule has 0 aromatic heterocycles. The predicted molar refractivity (Wildman–Crippen MR) is 83.4 cm³/mol. The molecule has 1 fully saturated rings. The van der Waals surface area contributed by atoms with Gasteiger partial charge in [-0.25, -0.2) is 4.79 Å². The average Bonchev–Trinajstić information content (AvgIpc) is 2.37. The fourth-order valence-electron chi connectivity index (χ4n) is 2.47. The fourth-order valence-corrected chi connectivity index (χ4v) is 3.00. The topological polar surface area (TPSA) is 58.4 Å². The third-order valence-electron chi connectivity index (χ3n) is 3.82. The van der Waals surface area contributed by atoms with E-state index in [4.69, 9.17) is 28.9 Å². The zero-order valence-corrected chi connectivity index (χ0v) is 12.9. The van der Waals surface area contributed by atoms with Crippen molar-refractivity contribution in [3.8, 4) is 0 Å². The Morgan fingerprint density at radius 3 is 2.65 bits per heavy atom. The molecule has 1 heterocycles. The summed E-state index contributed by atoms with van der Waals surface area (Å²) < 4.78 is 0. The third-order valence-corrected chi connectivity index (χ3v) is 4.25. The molecule has 2 atom stereocenters. The Morgan fingerprint density at radius 1 is 1.40 bits per heavy atom. The Balaban J connectivity index is 2.01. The SMILES string of the molecule is CC1CCN(C(=O)Nc2cc(Cl)cc(Cl)c2)CC1CN. The minimum absolute atomic E-state index is 0.131. The van der Waals surface area contributed by atoms with Crippen LogP contribution < -0.4 is 11.1 Å². The van der Waals surface area contributed by atoms with Crippen molar-refractivity contribution in [2.75, 3.05) is 25.0 Å². The van der Waals surface area contributed by atoms with Gasteiger partial charge in [-0.3, -0.25) is 0 Å². The summed E-state index contributed by atoms with van der Waals surface area (Å²) in [5, 5.41) is 3.83. The lowest BCUT2D eigenvalue weighted by Gasteiger charge is -2.36. The zero-order chi connectivity index (χ0) is 14.7. The maximum absolute atomic E-state index is 12.2. The highest BCUT2D eigenvalue weighted by atomic mass is 35.5. The summed E-state index contributed by atoms with van der Waals surface area (Å²) in [7, 11) is 0. The minimum Gasteiger partial charge on any atom is -0.330 e. The number of halogens is 2. The van der Waals surface area contributed by atoms with Gasteiger partial charge in [0, 0.05) is 28.8 Å². The van der Waals surface area contributed by atoms with E-state index in [1.54, 1.807) is 23.1 Å². The van der Waals surface area contributed by atoms with Gasteiger partial charge >= 0.3 is 6.03 Å². The van der Waals surface area contributed by atoms with Crippen molar-refractivity contribution in [3.05, 3.63) is 28.2 Å². The number of hydrogen-bond donors (Lipinski definition) is 2. The van der Waals surface area contributed by atoms with E-state index in [1.807, 2.05) is 0 Å². The number of urea groups is 1. The molecule has 1 saturated heterocycles. The molecule has 110 valence electrons. The molecule has 2 unspecified atom stereocenters. The predicted octanol–water partition coefficient (Wildman–Crippen LogP) is 3.44. The van der Waals surface area contributed by atoms with E-state index < -0.39 is 0 Å². The van der Waals surface area contributed by atoms with E-state index in [2.05, 4.69) is 12.2 Å². The van der Waals surface area contributed by atoms with Crippen LogP contribution in [0, 0.1) is 11.8 Å². The maximum Gasteiger partial charge on any atom is 0.321 e. The van der Waals surface area contributed by atoms with Crippen LogP contribution in [-0.4, -0.2) is 30.6 Å². The number of piperidine rings is 1. The lowest BCUT2D eigenvalue weighted by molar-refractivity contribution is 0.149. The highest BCUT2D eigenvalue weighted by Gasteiger charge is 2.27. The Kier molecular flexibility index (Phi) is 5.13. The lowest BCUT2D eigenvalue weighted by Crippen LogP contribution is -2.47. The number of anilines is 1. The van der Waals surface area contributed by atoms with Crippen molar-refractivity contribution >= 4 is 34.9 Å². The molecule has 4 nitrogen and oxygen atoms in total. The number of benzene rings is 1. The van der Waals surface area contributed by atoms with Crippen LogP contribution >= 0.6 is 23.2 Å². The third kappa shape index (κ3) is 3.78. The second-order valence-electron chi connectivity index (χ2n) is 5.30. The first-order chi connectivity index (χ1) is 9.49. The normalized spacial score (nSPS) is 22.7. The molecule has 2 rings (SSSR count). The lowest BCUT2D eigenvalue weighted by atomic mass is 9.87. The summed E-state index contributed by atoms with van der Waals surface area (Å²) in [4.78, 5) is 14.0. The summed E-state index contributed by atoms with van der Waals surface area (Å²) >= 11 is 11.8. The summed E-state index contributed by atoms with van der Waals surface area (Å²) in [6, 6.07) is 4.86. The first-order valence-electron chi connectivity index (χ1n) is 6.71. The van der Waals surface area contributed by atoms with Crippen molar-refractivity contribution < 1.29 is 4.79 Å². The van der Waals surface area contributed by atoms with E-state index in [-0.39, 0.29) is 6.03 Å². The number of nitrogens with two attached hydrogens (primary N) is 1. The van der Waals surface area contributed by atoms with Crippen molar-refractivity contribution in [1.29, 1.82) is 0 Å². The van der Waals surface area contributed by atoms with Gasteiger partial charge < -0.3 is 16.0 Å². The summed E-state index contributed by atoms with van der Waals surface area (Å²) in [6.45, 7) is 4.23. The Morgan fingerprint density at radius 2 is 2.05 bits per heavy atom. The molecule has 0 saturated carbocycles. The van der Waals surface area contributed by atoms with Gasteiger partial charge in [0.2, 0.25) is 0 Å². The minimum atomic E-state index is -0.131. The summed E-state index contributed by atoms with van der Waals surface area (Å²) in [5.74, 6) is 0.919. The van der Waals surface area contributed by atoms with Crippen LogP contribution in [0.3, 0.4) is 0 Å². The second kappa shape index (κ2) is 6.66. The summed E-state index contributed by atoms with van der Waals surface area (Å²) in [5.41, 5.74) is 6.36. The molecule has 0 aliphatic carbocycles. The molecule has 1 aromatic carbocycles.